The third-order valence-corrected chi connectivity index (χ3v) is 4.45. The maximum atomic E-state index is 12.1. The first-order chi connectivity index (χ1) is 9.99. The zero-order valence-electron chi connectivity index (χ0n) is 11.7. The summed E-state index contributed by atoms with van der Waals surface area (Å²) >= 11 is 0. The molecule has 0 amide bonds. The van der Waals surface area contributed by atoms with Crippen molar-refractivity contribution < 1.29 is 8.42 Å². The molecule has 0 atom stereocenters. The average molecular weight is 306 g/mol. The minimum atomic E-state index is -3.55. The monoisotopic (exact) mass is 306 g/mol. The van der Waals surface area contributed by atoms with Crippen molar-refractivity contribution >= 4 is 21.5 Å². The molecular weight excluding hydrogens is 288 g/mol. The Morgan fingerprint density at radius 1 is 1.19 bits per heavy atom. The summed E-state index contributed by atoms with van der Waals surface area (Å²) in [5.41, 5.74) is 6.47. The largest absolute Gasteiger partial charge is 0.384 e. The standard InChI is InChI=1S/C14H18N4O2S/c1-18(12-5-3-2-4-6-12)10-9-17-21(19,20)13-7-8-14(15)16-11-13/h2-8,11,17H,9-10H2,1H3,(H2,15,16). The molecule has 21 heavy (non-hydrogen) atoms. The number of nitrogens with two attached hydrogens (primary N) is 1. The van der Waals surface area contributed by atoms with Crippen LogP contribution in [0.1, 0.15) is 0 Å². The highest BCUT2D eigenvalue weighted by molar-refractivity contribution is 7.89. The Labute approximate surface area is 124 Å². The van der Waals surface area contributed by atoms with E-state index >= 15 is 0 Å². The van der Waals surface area contributed by atoms with Crippen molar-refractivity contribution in [2.45, 2.75) is 4.90 Å². The Balaban J connectivity index is 1.92. The molecule has 0 saturated carbocycles. The molecule has 2 rings (SSSR count). The van der Waals surface area contributed by atoms with Crippen LogP contribution in [0.2, 0.25) is 0 Å². The zero-order chi connectivity index (χ0) is 15.3. The van der Waals surface area contributed by atoms with E-state index in [1.54, 1.807) is 0 Å². The summed E-state index contributed by atoms with van der Waals surface area (Å²) in [5.74, 6) is 0.290. The van der Waals surface area contributed by atoms with Gasteiger partial charge in [0.2, 0.25) is 10.0 Å². The number of benzene rings is 1. The second-order valence-electron chi connectivity index (χ2n) is 4.57. The van der Waals surface area contributed by atoms with Crippen LogP contribution in [0.3, 0.4) is 0 Å². The predicted molar refractivity (Wildman–Crippen MR) is 83.5 cm³/mol. The fraction of sp³-hybridized carbons (Fsp3) is 0.214. The Kier molecular flexibility index (Phi) is 4.77. The Hall–Kier alpha value is -2.12. The maximum absolute atomic E-state index is 12.1. The molecule has 7 heteroatoms. The molecule has 0 aliphatic rings. The molecule has 3 N–H and O–H groups in total. The molecule has 0 aliphatic heterocycles. The average Bonchev–Trinajstić information content (AvgIpc) is 2.48. The normalized spacial score (nSPS) is 11.3. The molecule has 112 valence electrons. The van der Waals surface area contributed by atoms with E-state index in [1.165, 1.54) is 18.3 Å². The smallest absolute Gasteiger partial charge is 0.242 e. The number of nitrogens with zero attached hydrogens (tertiary/aromatic N) is 2. The van der Waals surface area contributed by atoms with Gasteiger partial charge in [0.25, 0.3) is 0 Å². The Morgan fingerprint density at radius 2 is 1.90 bits per heavy atom. The number of nitrogens with one attached hydrogen (secondary N) is 1. The second kappa shape index (κ2) is 6.55. The van der Waals surface area contributed by atoms with Gasteiger partial charge in [-0.2, -0.15) is 0 Å². The highest BCUT2D eigenvalue weighted by atomic mass is 32.2. The van der Waals surface area contributed by atoms with Crippen molar-refractivity contribution in [3.63, 3.8) is 0 Å². The van der Waals surface area contributed by atoms with Gasteiger partial charge in [-0.05, 0) is 24.3 Å². The van der Waals surface area contributed by atoms with Gasteiger partial charge in [0.15, 0.2) is 0 Å². The molecule has 0 unspecified atom stereocenters. The molecule has 1 heterocycles. The number of nitrogen functional groups attached to an aromatic ring is 1. The molecule has 0 bridgehead atoms. The number of hydrogen-bond acceptors (Lipinski definition) is 5. The lowest BCUT2D eigenvalue weighted by Crippen LogP contribution is -2.33. The molecule has 1 aromatic carbocycles. The van der Waals surface area contributed by atoms with Crippen molar-refractivity contribution in [3.05, 3.63) is 48.7 Å². The summed E-state index contributed by atoms with van der Waals surface area (Å²) in [6, 6.07) is 12.7. The quantitative estimate of drug-likeness (QED) is 0.833. The highest BCUT2D eigenvalue weighted by Gasteiger charge is 2.13. The topological polar surface area (TPSA) is 88.3 Å². The lowest BCUT2D eigenvalue weighted by molar-refractivity contribution is 0.581. The van der Waals surface area contributed by atoms with E-state index in [0.29, 0.717) is 13.1 Å². The van der Waals surface area contributed by atoms with Crippen LogP contribution in [-0.4, -0.2) is 33.5 Å². The van der Waals surface area contributed by atoms with Gasteiger partial charge in [0.1, 0.15) is 10.7 Å². The third-order valence-electron chi connectivity index (χ3n) is 3.01. The van der Waals surface area contributed by atoms with Crippen LogP contribution in [0.25, 0.3) is 0 Å². The van der Waals surface area contributed by atoms with E-state index in [0.717, 1.165) is 5.69 Å². The first kappa shape index (κ1) is 15.3. The number of likely N-dealkylation sites (N-methyl/N-ethyl adjacent to an activating group) is 1. The molecule has 1 aromatic heterocycles. The van der Waals surface area contributed by atoms with Crippen LogP contribution in [0.15, 0.2) is 53.6 Å². The lowest BCUT2D eigenvalue weighted by Gasteiger charge is -2.19. The number of pyridine rings is 1. The molecule has 0 radical (unpaired) electrons. The first-order valence-corrected chi connectivity index (χ1v) is 7.95. The van der Waals surface area contributed by atoms with E-state index in [-0.39, 0.29) is 10.7 Å². The Bertz CT molecular complexity index is 672. The van der Waals surface area contributed by atoms with Gasteiger partial charge >= 0.3 is 0 Å². The summed E-state index contributed by atoms with van der Waals surface area (Å²) in [4.78, 5) is 5.87. The van der Waals surface area contributed by atoms with Crippen molar-refractivity contribution in [1.29, 1.82) is 0 Å². The van der Waals surface area contributed by atoms with Crippen LogP contribution in [0.5, 0.6) is 0 Å². The second-order valence-corrected chi connectivity index (χ2v) is 6.34. The minimum absolute atomic E-state index is 0.110. The van der Waals surface area contributed by atoms with Gasteiger partial charge in [-0.25, -0.2) is 18.1 Å². The fourth-order valence-corrected chi connectivity index (χ4v) is 2.76. The number of hydrogen-bond donors (Lipinski definition) is 2. The van der Waals surface area contributed by atoms with Crippen molar-refractivity contribution in [3.8, 4) is 0 Å². The molecule has 6 nitrogen and oxygen atoms in total. The molecule has 0 fully saturated rings. The highest BCUT2D eigenvalue weighted by Crippen LogP contribution is 2.11. The van der Waals surface area contributed by atoms with Crippen molar-refractivity contribution in [1.82, 2.24) is 9.71 Å². The van der Waals surface area contributed by atoms with E-state index in [2.05, 4.69) is 9.71 Å². The minimum Gasteiger partial charge on any atom is -0.384 e. The van der Waals surface area contributed by atoms with Crippen molar-refractivity contribution in [2.75, 3.05) is 30.8 Å². The number of aromatic nitrogens is 1. The van der Waals surface area contributed by atoms with Crippen LogP contribution >= 0.6 is 0 Å². The van der Waals surface area contributed by atoms with E-state index < -0.39 is 10.0 Å². The number of para-hydroxylation sites is 1. The molecule has 2 aromatic rings. The van der Waals surface area contributed by atoms with Crippen LogP contribution in [0, 0.1) is 0 Å². The van der Waals surface area contributed by atoms with Crippen LogP contribution in [0.4, 0.5) is 11.5 Å². The van der Waals surface area contributed by atoms with Gasteiger partial charge in [-0.1, -0.05) is 18.2 Å². The molecular formula is C14H18N4O2S. The number of rotatable bonds is 6. The van der Waals surface area contributed by atoms with Gasteiger partial charge in [0.05, 0.1) is 0 Å². The summed E-state index contributed by atoms with van der Waals surface area (Å²) < 4.78 is 26.6. The predicted octanol–water partition coefficient (Wildman–Crippen LogP) is 1.08. The van der Waals surface area contributed by atoms with Gasteiger partial charge in [-0.3, -0.25) is 0 Å². The summed E-state index contributed by atoms with van der Waals surface area (Å²) in [7, 11) is -1.64. The third kappa shape index (κ3) is 4.17. The molecule has 0 aliphatic carbocycles. The maximum Gasteiger partial charge on any atom is 0.242 e. The molecule has 0 saturated heterocycles. The van der Waals surface area contributed by atoms with E-state index in [9.17, 15) is 8.42 Å². The fourth-order valence-electron chi connectivity index (χ4n) is 1.79. The summed E-state index contributed by atoms with van der Waals surface area (Å²) in [6.45, 7) is 0.865. The van der Waals surface area contributed by atoms with Crippen LogP contribution in [-0.2, 0) is 10.0 Å². The van der Waals surface area contributed by atoms with Gasteiger partial charge in [0, 0.05) is 32.0 Å². The van der Waals surface area contributed by atoms with E-state index in [4.69, 9.17) is 5.73 Å². The first-order valence-electron chi connectivity index (χ1n) is 6.46. The SMILES string of the molecule is CN(CCNS(=O)(=O)c1ccc(N)nc1)c1ccccc1. The Morgan fingerprint density at radius 3 is 2.52 bits per heavy atom. The number of anilines is 2. The van der Waals surface area contributed by atoms with Crippen LogP contribution < -0.4 is 15.4 Å². The van der Waals surface area contributed by atoms with Gasteiger partial charge in [-0.15, -0.1) is 0 Å². The zero-order valence-corrected chi connectivity index (χ0v) is 12.5. The summed E-state index contributed by atoms with van der Waals surface area (Å²) in [5, 5.41) is 0. The number of sulfonamides is 1. The summed E-state index contributed by atoms with van der Waals surface area (Å²) in [6.07, 6.45) is 1.25. The lowest BCUT2D eigenvalue weighted by atomic mass is 10.3. The molecule has 0 spiro atoms. The van der Waals surface area contributed by atoms with Gasteiger partial charge < -0.3 is 10.6 Å². The van der Waals surface area contributed by atoms with Crippen molar-refractivity contribution in [2.24, 2.45) is 0 Å². The van der Waals surface area contributed by atoms with E-state index in [1.807, 2.05) is 42.3 Å².